The summed E-state index contributed by atoms with van der Waals surface area (Å²) in [6, 6.07) is 7.19. The Bertz CT molecular complexity index is 776. The van der Waals surface area contributed by atoms with Gasteiger partial charge in [-0.3, -0.25) is 9.59 Å². The Labute approximate surface area is 157 Å². The van der Waals surface area contributed by atoms with Crippen LogP contribution in [0.5, 0.6) is 0 Å². The summed E-state index contributed by atoms with van der Waals surface area (Å²) in [5.41, 5.74) is 0.345. The van der Waals surface area contributed by atoms with E-state index in [1.807, 2.05) is 6.07 Å². The van der Waals surface area contributed by atoms with Crippen LogP contribution in [-0.2, 0) is 0 Å². The molecule has 0 unspecified atom stereocenters. The number of furan rings is 1. The Kier molecular flexibility index (Phi) is 5.04. The van der Waals surface area contributed by atoms with Crippen molar-refractivity contribution < 1.29 is 14.0 Å². The van der Waals surface area contributed by atoms with Crippen LogP contribution in [-0.4, -0.2) is 59.1 Å². The van der Waals surface area contributed by atoms with Gasteiger partial charge in [0.2, 0.25) is 0 Å². The van der Waals surface area contributed by atoms with E-state index in [1.165, 1.54) is 19.1 Å². The van der Waals surface area contributed by atoms with Crippen molar-refractivity contribution in [1.82, 2.24) is 20.4 Å². The Morgan fingerprint density at radius 3 is 2.44 bits per heavy atom. The highest BCUT2D eigenvalue weighted by Crippen LogP contribution is 2.18. The number of rotatable bonds is 4. The molecule has 3 heterocycles. The van der Waals surface area contributed by atoms with Crippen molar-refractivity contribution in [2.45, 2.75) is 31.7 Å². The lowest BCUT2D eigenvalue weighted by molar-refractivity contribution is 0.0714. The highest BCUT2D eigenvalue weighted by atomic mass is 16.3. The average Bonchev–Trinajstić information content (AvgIpc) is 3.42. The fourth-order valence-corrected chi connectivity index (χ4v) is 3.64. The van der Waals surface area contributed by atoms with E-state index in [0.717, 1.165) is 18.7 Å². The second-order valence-electron chi connectivity index (χ2n) is 6.99. The molecule has 27 heavy (non-hydrogen) atoms. The predicted octanol–water partition coefficient (Wildman–Crippen LogP) is 1.70. The molecule has 0 atom stereocenters. The monoisotopic (exact) mass is 369 g/mol. The summed E-state index contributed by atoms with van der Waals surface area (Å²) in [6.07, 6.45) is 5.92. The molecule has 0 spiro atoms. The standard InChI is InChI=1S/C19H23N5O3/c25-18(20-14-4-1-2-5-14)15-7-8-17(22-21-15)23-9-11-24(12-10-23)19(26)16-6-3-13-27-16/h3,6-8,13-14H,1-2,4-5,9-12H2,(H,20,25). The molecule has 1 saturated carbocycles. The molecular weight excluding hydrogens is 346 g/mol. The van der Waals surface area contributed by atoms with Gasteiger partial charge in [0, 0.05) is 32.2 Å². The maximum absolute atomic E-state index is 12.3. The topological polar surface area (TPSA) is 91.6 Å². The summed E-state index contributed by atoms with van der Waals surface area (Å²) in [4.78, 5) is 28.4. The Hall–Kier alpha value is -2.90. The fraction of sp³-hybridized carbons (Fsp3) is 0.474. The van der Waals surface area contributed by atoms with Crippen LogP contribution in [0.1, 0.15) is 46.7 Å². The summed E-state index contributed by atoms with van der Waals surface area (Å²) in [7, 11) is 0. The van der Waals surface area contributed by atoms with Crippen molar-refractivity contribution in [2.24, 2.45) is 0 Å². The van der Waals surface area contributed by atoms with Crippen molar-refractivity contribution in [3.8, 4) is 0 Å². The van der Waals surface area contributed by atoms with E-state index in [9.17, 15) is 9.59 Å². The maximum Gasteiger partial charge on any atom is 0.289 e. The van der Waals surface area contributed by atoms with E-state index in [2.05, 4.69) is 20.4 Å². The summed E-state index contributed by atoms with van der Waals surface area (Å²) >= 11 is 0. The molecule has 1 N–H and O–H groups in total. The molecular formula is C19H23N5O3. The second kappa shape index (κ2) is 7.77. The van der Waals surface area contributed by atoms with Gasteiger partial charge >= 0.3 is 0 Å². The van der Waals surface area contributed by atoms with Crippen LogP contribution in [0.3, 0.4) is 0 Å². The van der Waals surface area contributed by atoms with E-state index in [0.29, 0.717) is 37.6 Å². The first-order valence-corrected chi connectivity index (χ1v) is 9.43. The van der Waals surface area contributed by atoms with E-state index < -0.39 is 0 Å². The van der Waals surface area contributed by atoms with E-state index in [1.54, 1.807) is 23.1 Å². The Morgan fingerprint density at radius 1 is 1.04 bits per heavy atom. The zero-order valence-corrected chi connectivity index (χ0v) is 15.1. The molecule has 4 rings (SSSR count). The van der Waals surface area contributed by atoms with Gasteiger partial charge in [-0.1, -0.05) is 12.8 Å². The summed E-state index contributed by atoms with van der Waals surface area (Å²) in [5, 5.41) is 11.3. The van der Waals surface area contributed by atoms with Gasteiger partial charge in [0.1, 0.15) is 0 Å². The summed E-state index contributed by atoms with van der Waals surface area (Å²) in [5.74, 6) is 0.831. The van der Waals surface area contributed by atoms with Crippen LogP contribution in [0.15, 0.2) is 34.9 Å². The average molecular weight is 369 g/mol. The second-order valence-corrected chi connectivity index (χ2v) is 6.99. The number of hydrogen-bond donors (Lipinski definition) is 1. The number of nitrogens with zero attached hydrogens (tertiary/aromatic N) is 4. The third kappa shape index (κ3) is 3.94. The number of amides is 2. The first-order chi connectivity index (χ1) is 13.2. The molecule has 2 fully saturated rings. The predicted molar refractivity (Wildman–Crippen MR) is 98.6 cm³/mol. The molecule has 2 aromatic rings. The molecule has 2 amide bonds. The van der Waals surface area contributed by atoms with Gasteiger partial charge in [-0.05, 0) is 37.1 Å². The SMILES string of the molecule is O=C(NC1CCCC1)c1ccc(N2CCN(C(=O)c3ccco3)CC2)nn1. The number of carbonyl (C=O) groups is 2. The zero-order chi connectivity index (χ0) is 18.6. The Morgan fingerprint density at radius 2 is 1.81 bits per heavy atom. The number of aromatic nitrogens is 2. The minimum Gasteiger partial charge on any atom is -0.459 e. The molecule has 1 aliphatic heterocycles. The number of nitrogens with one attached hydrogen (secondary N) is 1. The van der Waals surface area contributed by atoms with Crippen LogP contribution in [0.25, 0.3) is 0 Å². The molecule has 0 aromatic carbocycles. The third-order valence-corrected chi connectivity index (χ3v) is 5.20. The lowest BCUT2D eigenvalue weighted by Crippen LogP contribution is -2.49. The van der Waals surface area contributed by atoms with Crippen molar-refractivity contribution >= 4 is 17.6 Å². The summed E-state index contributed by atoms with van der Waals surface area (Å²) in [6.45, 7) is 2.50. The largest absolute Gasteiger partial charge is 0.459 e. The smallest absolute Gasteiger partial charge is 0.289 e. The van der Waals surface area contributed by atoms with Crippen molar-refractivity contribution in [3.63, 3.8) is 0 Å². The van der Waals surface area contributed by atoms with Crippen LogP contribution < -0.4 is 10.2 Å². The molecule has 2 aliphatic rings. The zero-order valence-electron chi connectivity index (χ0n) is 15.1. The van der Waals surface area contributed by atoms with Crippen molar-refractivity contribution in [1.29, 1.82) is 0 Å². The van der Waals surface area contributed by atoms with Gasteiger partial charge in [-0.25, -0.2) is 0 Å². The van der Waals surface area contributed by atoms with E-state index in [-0.39, 0.29) is 17.9 Å². The number of carbonyl (C=O) groups excluding carboxylic acids is 2. The molecule has 8 nitrogen and oxygen atoms in total. The van der Waals surface area contributed by atoms with Crippen LogP contribution in [0.4, 0.5) is 5.82 Å². The van der Waals surface area contributed by atoms with Crippen LogP contribution >= 0.6 is 0 Å². The number of piperazine rings is 1. The first kappa shape index (κ1) is 17.5. The third-order valence-electron chi connectivity index (χ3n) is 5.20. The number of hydrogen-bond acceptors (Lipinski definition) is 6. The van der Waals surface area contributed by atoms with Gasteiger partial charge in [0.25, 0.3) is 11.8 Å². The van der Waals surface area contributed by atoms with E-state index in [4.69, 9.17) is 4.42 Å². The number of anilines is 1. The lowest BCUT2D eigenvalue weighted by atomic mass is 10.2. The van der Waals surface area contributed by atoms with Crippen molar-refractivity contribution in [3.05, 3.63) is 42.0 Å². The highest BCUT2D eigenvalue weighted by molar-refractivity contribution is 5.92. The molecule has 1 saturated heterocycles. The van der Waals surface area contributed by atoms with Crippen LogP contribution in [0.2, 0.25) is 0 Å². The maximum atomic E-state index is 12.3. The fourth-order valence-electron chi connectivity index (χ4n) is 3.64. The van der Waals surface area contributed by atoms with Crippen molar-refractivity contribution in [2.75, 3.05) is 31.1 Å². The summed E-state index contributed by atoms with van der Waals surface area (Å²) < 4.78 is 5.18. The normalized spacial score (nSPS) is 17.9. The van der Waals surface area contributed by atoms with Gasteiger partial charge in [0.15, 0.2) is 17.3 Å². The van der Waals surface area contributed by atoms with Gasteiger partial charge < -0.3 is 19.5 Å². The highest BCUT2D eigenvalue weighted by Gasteiger charge is 2.25. The molecule has 0 radical (unpaired) electrons. The molecule has 2 aromatic heterocycles. The molecule has 142 valence electrons. The minimum absolute atomic E-state index is 0.0929. The van der Waals surface area contributed by atoms with Gasteiger partial charge in [-0.15, -0.1) is 10.2 Å². The van der Waals surface area contributed by atoms with E-state index >= 15 is 0 Å². The lowest BCUT2D eigenvalue weighted by Gasteiger charge is -2.34. The van der Waals surface area contributed by atoms with Gasteiger partial charge in [0.05, 0.1) is 6.26 Å². The molecule has 1 aliphatic carbocycles. The van der Waals surface area contributed by atoms with Crippen LogP contribution in [0, 0.1) is 0 Å². The quantitative estimate of drug-likeness (QED) is 0.882. The molecule has 8 heteroatoms. The minimum atomic E-state index is -0.158. The first-order valence-electron chi connectivity index (χ1n) is 9.43. The Balaban J connectivity index is 1.32. The van der Waals surface area contributed by atoms with Gasteiger partial charge in [-0.2, -0.15) is 0 Å². The molecule has 0 bridgehead atoms.